The van der Waals surface area contributed by atoms with E-state index in [1.807, 2.05) is 0 Å². The smallest absolute Gasteiger partial charge is 0.354 e. The zero-order chi connectivity index (χ0) is 12.3. The number of aromatic nitrogens is 1. The van der Waals surface area contributed by atoms with Crippen LogP contribution in [0.2, 0.25) is 0 Å². The first kappa shape index (κ1) is 15.0. The Morgan fingerprint density at radius 1 is 1.22 bits per heavy atom. The molecule has 1 N–H and O–H groups in total. The number of alkyl halides is 3. The molecule has 0 bridgehead atoms. The van der Waals surface area contributed by atoms with Crippen LogP contribution in [-0.2, 0) is 6.42 Å². The van der Waals surface area contributed by atoms with Gasteiger partial charge in [0.15, 0.2) is 0 Å². The molecule has 1 aromatic heterocycles. The van der Waals surface area contributed by atoms with Crippen LogP contribution in [0.3, 0.4) is 0 Å². The van der Waals surface area contributed by atoms with Gasteiger partial charge in [0.05, 0.1) is 6.42 Å². The summed E-state index contributed by atoms with van der Waals surface area (Å²) in [5, 5.41) is 3.21. The van der Waals surface area contributed by atoms with Crippen LogP contribution in [0.5, 0.6) is 0 Å². The number of nitrogens with one attached hydrogen (secondary N) is 1. The van der Waals surface area contributed by atoms with Gasteiger partial charge in [-0.15, -0.1) is 12.4 Å². The number of anilines is 1. The first-order valence-electron chi connectivity index (χ1n) is 5.52. The minimum absolute atomic E-state index is 0. The second-order valence-corrected chi connectivity index (χ2v) is 4.05. The van der Waals surface area contributed by atoms with Crippen molar-refractivity contribution >= 4 is 18.2 Å². The third-order valence-corrected chi connectivity index (χ3v) is 2.65. The molecule has 2 rings (SSSR count). The van der Waals surface area contributed by atoms with Crippen LogP contribution in [0.15, 0.2) is 18.3 Å². The normalized spacial score (nSPS) is 16.3. The second kappa shape index (κ2) is 6.24. The zero-order valence-corrected chi connectivity index (χ0v) is 10.5. The van der Waals surface area contributed by atoms with Crippen molar-refractivity contribution in [1.82, 2.24) is 10.3 Å². The molecule has 1 aliphatic rings. The Bertz CT molecular complexity index is 361. The molecule has 7 heteroatoms. The summed E-state index contributed by atoms with van der Waals surface area (Å²) in [5.41, 5.74) is 0.205. The van der Waals surface area contributed by atoms with Crippen molar-refractivity contribution in [2.24, 2.45) is 0 Å². The van der Waals surface area contributed by atoms with Crippen molar-refractivity contribution in [1.29, 1.82) is 0 Å². The summed E-state index contributed by atoms with van der Waals surface area (Å²) >= 11 is 0. The molecule has 0 aromatic carbocycles. The second-order valence-electron chi connectivity index (χ2n) is 4.05. The summed E-state index contributed by atoms with van der Waals surface area (Å²) in [4.78, 5) is 6.15. The number of rotatable bonds is 2. The number of piperazine rings is 1. The molecule has 18 heavy (non-hydrogen) atoms. The van der Waals surface area contributed by atoms with Crippen LogP contribution in [0.25, 0.3) is 0 Å². The van der Waals surface area contributed by atoms with Crippen molar-refractivity contribution in [2.45, 2.75) is 12.6 Å². The van der Waals surface area contributed by atoms with E-state index in [1.165, 1.54) is 12.3 Å². The van der Waals surface area contributed by atoms with E-state index in [0.717, 1.165) is 32.0 Å². The van der Waals surface area contributed by atoms with Crippen LogP contribution >= 0.6 is 12.4 Å². The molecule has 0 atom stereocenters. The summed E-state index contributed by atoms with van der Waals surface area (Å²) in [6.45, 7) is 3.44. The molecule has 0 unspecified atom stereocenters. The van der Waals surface area contributed by atoms with E-state index < -0.39 is 12.6 Å². The quantitative estimate of drug-likeness (QED) is 0.899. The maximum absolute atomic E-state index is 12.2. The fourth-order valence-corrected chi connectivity index (χ4v) is 1.83. The van der Waals surface area contributed by atoms with E-state index in [9.17, 15) is 13.2 Å². The summed E-state index contributed by atoms with van der Waals surface area (Å²) in [5.74, 6) is 0.748. The van der Waals surface area contributed by atoms with E-state index in [4.69, 9.17) is 0 Å². The summed E-state index contributed by atoms with van der Waals surface area (Å²) in [6.07, 6.45) is -3.77. The van der Waals surface area contributed by atoms with Crippen molar-refractivity contribution in [2.75, 3.05) is 31.1 Å². The lowest BCUT2D eigenvalue weighted by atomic mass is 10.2. The topological polar surface area (TPSA) is 28.2 Å². The molecule has 0 amide bonds. The highest BCUT2D eigenvalue weighted by atomic mass is 35.5. The van der Waals surface area contributed by atoms with Gasteiger partial charge in [-0.05, 0) is 11.6 Å². The van der Waals surface area contributed by atoms with E-state index in [-0.39, 0.29) is 18.0 Å². The number of hydrogen-bond donors (Lipinski definition) is 1. The van der Waals surface area contributed by atoms with Gasteiger partial charge in [-0.1, -0.05) is 6.07 Å². The standard InChI is InChI=1S/C11H14F3N3.ClH/c12-11(13,14)7-9-1-2-10(16-8-9)17-5-3-15-4-6-17;/h1-2,8,15H,3-7H2;1H. The third-order valence-electron chi connectivity index (χ3n) is 2.65. The fourth-order valence-electron chi connectivity index (χ4n) is 1.83. The van der Waals surface area contributed by atoms with Gasteiger partial charge in [0.1, 0.15) is 5.82 Å². The van der Waals surface area contributed by atoms with E-state index >= 15 is 0 Å². The monoisotopic (exact) mass is 281 g/mol. The minimum atomic E-state index is -4.17. The van der Waals surface area contributed by atoms with Crippen LogP contribution in [-0.4, -0.2) is 37.3 Å². The lowest BCUT2D eigenvalue weighted by Crippen LogP contribution is -2.43. The Hall–Kier alpha value is -1.01. The van der Waals surface area contributed by atoms with Gasteiger partial charge in [0.2, 0.25) is 0 Å². The summed E-state index contributed by atoms with van der Waals surface area (Å²) in [6, 6.07) is 3.16. The molecule has 1 aromatic rings. The fraction of sp³-hybridized carbons (Fsp3) is 0.545. The van der Waals surface area contributed by atoms with Crippen molar-refractivity contribution in [3.05, 3.63) is 23.9 Å². The summed E-state index contributed by atoms with van der Waals surface area (Å²) in [7, 11) is 0. The van der Waals surface area contributed by atoms with Crippen molar-refractivity contribution in [3.8, 4) is 0 Å². The predicted molar refractivity (Wildman–Crippen MR) is 66.3 cm³/mol. The maximum atomic E-state index is 12.2. The highest BCUT2D eigenvalue weighted by molar-refractivity contribution is 5.85. The molecule has 1 aliphatic heterocycles. The van der Waals surface area contributed by atoms with Gasteiger partial charge in [-0.2, -0.15) is 13.2 Å². The number of pyridine rings is 1. The third kappa shape index (κ3) is 4.34. The van der Waals surface area contributed by atoms with Crippen LogP contribution in [0.4, 0.5) is 19.0 Å². The van der Waals surface area contributed by atoms with Gasteiger partial charge in [0, 0.05) is 32.4 Å². The Balaban J connectivity index is 0.00000162. The van der Waals surface area contributed by atoms with E-state index in [2.05, 4.69) is 15.2 Å². The van der Waals surface area contributed by atoms with Gasteiger partial charge >= 0.3 is 6.18 Å². The minimum Gasteiger partial charge on any atom is -0.354 e. The van der Waals surface area contributed by atoms with Crippen molar-refractivity contribution < 1.29 is 13.2 Å². The highest BCUT2D eigenvalue weighted by Crippen LogP contribution is 2.21. The molecule has 0 aliphatic carbocycles. The van der Waals surface area contributed by atoms with Crippen LogP contribution < -0.4 is 10.2 Å². The molecule has 2 heterocycles. The number of hydrogen-bond acceptors (Lipinski definition) is 3. The molecule has 1 fully saturated rings. The summed E-state index contributed by atoms with van der Waals surface area (Å²) < 4.78 is 36.5. The number of halogens is 4. The lowest BCUT2D eigenvalue weighted by Gasteiger charge is -2.28. The highest BCUT2D eigenvalue weighted by Gasteiger charge is 2.27. The molecule has 0 saturated carbocycles. The van der Waals surface area contributed by atoms with Gasteiger partial charge < -0.3 is 10.2 Å². The average molecular weight is 282 g/mol. The van der Waals surface area contributed by atoms with Gasteiger partial charge in [0.25, 0.3) is 0 Å². The Labute approximate surface area is 110 Å². The Morgan fingerprint density at radius 2 is 1.89 bits per heavy atom. The van der Waals surface area contributed by atoms with Crippen LogP contribution in [0.1, 0.15) is 5.56 Å². The maximum Gasteiger partial charge on any atom is 0.393 e. The molecule has 102 valence electrons. The van der Waals surface area contributed by atoms with Gasteiger partial charge in [-0.3, -0.25) is 0 Å². The number of nitrogens with zero attached hydrogens (tertiary/aromatic N) is 2. The lowest BCUT2D eigenvalue weighted by molar-refractivity contribution is -0.127. The molecule has 0 radical (unpaired) electrons. The molecular weight excluding hydrogens is 267 g/mol. The predicted octanol–water partition coefficient (Wildman–Crippen LogP) is 2.02. The SMILES string of the molecule is Cl.FC(F)(F)Cc1ccc(N2CCNCC2)nc1. The van der Waals surface area contributed by atoms with E-state index in [0.29, 0.717) is 0 Å². The van der Waals surface area contributed by atoms with E-state index in [1.54, 1.807) is 6.07 Å². The Morgan fingerprint density at radius 3 is 2.39 bits per heavy atom. The van der Waals surface area contributed by atoms with Gasteiger partial charge in [-0.25, -0.2) is 4.98 Å². The first-order chi connectivity index (χ1) is 8.04. The first-order valence-corrected chi connectivity index (χ1v) is 5.52. The average Bonchev–Trinajstić information content (AvgIpc) is 2.29. The zero-order valence-electron chi connectivity index (χ0n) is 9.70. The van der Waals surface area contributed by atoms with Crippen molar-refractivity contribution in [3.63, 3.8) is 0 Å². The molecule has 1 saturated heterocycles. The Kier molecular flexibility index (Phi) is 5.22. The molecule has 0 spiro atoms. The molecular formula is C11H15ClF3N3. The largest absolute Gasteiger partial charge is 0.393 e. The molecule has 3 nitrogen and oxygen atoms in total. The van der Waals surface area contributed by atoms with Crippen LogP contribution in [0, 0.1) is 0 Å².